The minimum atomic E-state index is 0.137. The van der Waals surface area contributed by atoms with Crippen molar-refractivity contribution < 1.29 is 10.2 Å². The Morgan fingerprint density at radius 2 is 1.04 bits per heavy atom. The van der Waals surface area contributed by atoms with Crippen molar-refractivity contribution >= 4 is 0 Å². The molecule has 144 valence electrons. The maximum Gasteiger partial charge on any atom is 0.122 e. The summed E-state index contributed by atoms with van der Waals surface area (Å²) in [6, 6.07) is 4.91. The molecular weight excluding hydrogens is 308 g/mol. The number of aromatic hydroxyl groups is 2. The third kappa shape index (κ3) is 11.9. The Labute approximate surface area is 155 Å². The molecule has 0 atom stereocenters. The molecule has 0 bridgehead atoms. The lowest BCUT2D eigenvalue weighted by molar-refractivity contribution is 0.444. The van der Waals surface area contributed by atoms with E-state index in [4.69, 9.17) is 0 Å². The Morgan fingerprint density at radius 3 is 1.48 bits per heavy atom. The fourth-order valence-corrected chi connectivity index (χ4v) is 3.45. The summed E-state index contributed by atoms with van der Waals surface area (Å²) >= 11 is 0. The van der Waals surface area contributed by atoms with Gasteiger partial charge in [-0.1, -0.05) is 103 Å². The van der Waals surface area contributed by atoms with E-state index in [1.807, 2.05) is 6.07 Å². The second-order valence-electron chi connectivity index (χ2n) is 7.51. The predicted octanol–water partition coefficient (Wildman–Crippen LogP) is 7.51. The number of rotatable bonds is 16. The number of phenols is 2. The molecule has 0 heterocycles. The first kappa shape index (κ1) is 21.9. The molecule has 0 aliphatic rings. The van der Waals surface area contributed by atoms with E-state index < -0.39 is 0 Å². The van der Waals surface area contributed by atoms with Crippen LogP contribution in [-0.4, -0.2) is 10.2 Å². The smallest absolute Gasteiger partial charge is 0.122 e. The van der Waals surface area contributed by atoms with Gasteiger partial charge in [0.1, 0.15) is 11.5 Å². The van der Waals surface area contributed by atoms with Gasteiger partial charge in [0.2, 0.25) is 0 Å². The van der Waals surface area contributed by atoms with Gasteiger partial charge in [0.25, 0.3) is 0 Å². The van der Waals surface area contributed by atoms with E-state index >= 15 is 0 Å². The van der Waals surface area contributed by atoms with Gasteiger partial charge in [0.15, 0.2) is 0 Å². The summed E-state index contributed by atoms with van der Waals surface area (Å²) in [6.45, 7) is 2.28. The Kier molecular flexibility index (Phi) is 13.2. The van der Waals surface area contributed by atoms with Crippen molar-refractivity contribution in [3.8, 4) is 11.5 Å². The zero-order chi connectivity index (χ0) is 18.2. The van der Waals surface area contributed by atoms with E-state index in [9.17, 15) is 10.2 Å². The van der Waals surface area contributed by atoms with Crippen molar-refractivity contribution in [2.45, 2.75) is 110 Å². The molecule has 0 fully saturated rings. The highest BCUT2D eigenvalue weighted by molar-refractivity contribution is 5.38. The number of unbranched alkanes of at least 4 members (excludes halogenated alkanes) is 14. The van der Waals surface area contributed by atoms with Crippen LogP contribution in [0, 0.1) is 0 Å². The van der Waals surface area contributed by atoms with Crippen molar-refractivity contribution in [2.24, 2.45) is 0 Å². The molecule has 0 saturated carbocycles. The molecule has 1 aromatic rings. The average Bonchev–Trinajstić information content (AvgIpc) is 2.60. The van der Waals surface area contributed by atoms with Crippen molar-refractivity contribution in [3.05, 3.63) is 23.8 Å². The van der Waals surface area contributed by atoms with Crippen LogP contribution in [-0.2, 0) is 6.42 Å². The third-order valence-electron chi connectivity index (χ3n) is 5.12. The number of hydrogen-bond donors (Lipinski definition) is 2. The van der Waals surface area contributed by atoms with E-state index in [0.717, 1.165) is 18.4 Å². The van der Waals surface area contributed by atoms with Crippen LogP contribution in [0.2, 0.25) is 0 Å². The number of hydrogen-bond acceptors (Lipinski definition) is 2. The second kappa shape index (κ2) is 15.1. The van der Waals surface area contributed by atoms with Gasteiger partial charge in [-0.2, -0.15) is 0 Å². The monoisotopic (exact) mass is 348 g/mol. The van der Waals surface area contributed by atoms with E-state index in [2.05, 4.69) is 6.92 Å². The van der Waals surface area contributed by atoms with E-state index in [-0.39, 0.29) is 11.5 Å². The van der Waals surface area contributed by atoms with E-state index in [1.54, 1.807) is 6.07 Å². The van der Waals surface area contributed by atoms with Crippen LogP contribution in [0.15, 0.2) is 18.2 Å². The van der Waals surface area contributed by atoms with Crippen LogP contribution in [0.4, 0.5) is 0 Å². The zero-order valence-electron chi connectivity index (χ0n) is 16.4. The number of aryl methyl sites for hydroxylation is 1. The molecule has 0 saturated heterocycles. The predicted molar refractivity (Wildman–Crippen MR) is 108 cm³/mol. The quantitative estimate of drug-likeness (QED) is 0.303. The van der Waals surface area contributed by atoms with E-state index in [1.165, 1.54) is 96.0 Å². The van der Waals surface area contributed by atoms with Crippen molar-refractivity contribution in [1.82, 2.24) is 0 Å². The van der Waals surface area contributed by atoms with Crippen LogP contribution in [0.1, 0.15) is 109 Å². The fraction of sp³-hybridized carbons (Fsp3) is 0.739. The molecule has 0 aliphatic heterocycles. The number of benzene rings is 1. The summed E-state index contributed by atoms with van der Waals surface area (Å²) < 4.78 is 0. The Bertz CT molecular complexity index is 428. The van der Waals surface area contributed by atoms with Gasteiger partial charge >= 0.3 is 0 Å². The van der Waals surface area contributed by atoms with Crippen molar-refractivity contribution in [2.75, 3.05) is 0 Å². The SMILES string of the molecule is CCCCCCCCCCCCCCCCCc1ccc(O)cc1O. The van der Waals surface area contributed by atoms with Gasteiger partial charge < -0.3 is 10.2 Å². The molecule has 25 heavy (non-hydrogen) atoms. The molecule has 0 aliphatic carbocycles. The minimum absolute atomic E-state index is 0.137. The summed E-state index contributed by atoms with van der Waals surface area (Å²) in [4.78, 5) is 0. The van der Waals surface area contributed by atoms with Crippen LogP contribution in [0.25, 0.3) is 0 Å². The van der Waals surface area contributed by atoms with Crippen LogP contribution in [0.5, 0.6) is 11.5 Å². The summed E-state index contributed by atoms with van der Waals surface area (Å²) in [7, 11) is 0. The molecule has 2 N–H and O–H groups in total. The maximum absolute atomic E-state index is 9.75. The minimum Gasteiger partial charge on any atom is -0.508 e. The van der Waals surface area contributed by atoms with Gasteiger partial charge in [-0.15, -0.1) is 0 Å². The summed E-state index contributed by atoms with van der Waals surface area (Å²) in [6.07, 6.45) is 21.5. The van der Waals surface area contributed by atoms with Crippen molar-refractivity contribution in [3.63, 3.8) is 0 Å². The van der Waals surface area contributed by atoms with Crippen molar-refractivity contribution in [1.29, 1.82) is 0 Å². The Morgan fingerprint density at radius 1 is 0.600 bits per heavy atom. The molecule has 0 radical (unpaired) electrons. The molecule has 2 heteroatoms. The Balaban J connectivity index is 1.81. The van der Waals surface area contributed by atoms with Crippen LogP contribution >= 0.6 is 0 Å². The molecule has 0 aromatic heterocycles. The maximum atomic E-state index is 9.75. The lowest BCUT2D eigenvalue weighted by atomic mass is 10.0. The van der Waals surface area contributed by atoms with Gasteiger partial charge in [0.05, 0.1) is 0 Å². The molecule has 1 aromatic carbocycles. The molecule has 0 unspecified atom stereocenters. The second-order valence-corrected chi connectivity index (χ2v) is 7.51. The summed E-state index contributed by atoms with van der Waals surface area (Å²) in [5.41, 5.74) is 0.951. The zero-order valence-corrected chi connectivity index (χ0v) is 16.4. The highest BCUT2D eigenvalue weighted by Gasteiger charge is 2.02. The molecule has 0 spiro atoms. The lowest BCUT2D eigenvalue weighted by Gasteiger charge is -2.05. The average molecular weight is 349 g/mol. The largest absolute Gasteiger partial charge is 0.508 e. The first-order valence-corrected chi connectivity index (χ1v) is 10.7. The van der Waals surface area contributed by atoms with Gasteiger partial charge in [0, 0.05) is 6.07 Å². The van der Waals surface area contributed by atoms with Gasteiger partial charge in [-0.3, -0.25) is 0 Å². The lowest BCUT2D eigenvalue weighted by Crippen LogP contribution is -1.87. The first-order chi connectivity index (χ1) is 12.2. The highest BCUT2D eigenvalue weighted by Crippen LogP contribution is 2.24. The summed E-state index contributed by atoms with van der Waals surface area (Å²) in [5, 5.41) is 19.0. The molecular formula is C23H40O2. The number of phenolic OH excluding ortho intramolecular Hbond substituents is 2. The highest BCUT2D eigenvalue weighted by atomic mass is 16.3. The third-order valence-corrected chi connectivity index (χ3v) is 5.12. The standard InChI is InChI=1S/C23H40O2/c1-2-3-4-5-6-7-8-9-10-11-12-13-14-15-16-17-21-18-19-22(24)20-23(21)25/h18-20,24-25H,2-17H2,1H3. The van der Waals surface area contributed by atoms with Gasteiger partial charge in [-0.25, -0.2) is 0 Å². The summed E-state index contributed by atoms with van der Waals surface area (Å²) in [5.74, 6) is 0.364. The molecule has 2 nitrogen and oxygen atoms in total. The normalized spacial score (nSPS) is 11.1. The van der Waals surface area contributed by atoms with Gasteiger partial charge in [-0.05, 0) is 24.5 Å². The topological polar surface area (TPSA) is 40.5 Å². The fourth-order valence-electron chi connectivity index (χ4n) is 3.45. The Hall–Kier alpha value is -1.18. The van der Waals surface area contributed by atoms with Crippen LogP contribution < -0.4 is 0 Å². The van der Waals surface area contributed by atoms with Crippen LogP contribution in [0.3, 0.4) is 0 Å². The molecule has 0 amide bonds. The van der Waals surface area contributed by atoms with E-state index in [0.29, 0.717) is 0 Å². The first-order valence-electron chi connectivity index (χ1n) is 10.7. The molecule has 1 rings (SSSR count).